The van der Waals surface area contributed by atoms with E-state index in [9.17, 15) is 0 Å². The number of ether oxygens (including phenoxy) is 1. The van der Waals surface area contributed by atoms with Gasteiger partial charge < -0.3 is 4.74 Å². The molecule has 0 atom stereocenters. The summed E-state index contributed by atoms with van der Waals surface area (Å²) in [4.78, 5) is 0. The lowest BCUT2D eigenvalue weighted by Gasteiger charge is -2.31. The van der Waals surface area contributed by atoms with Crippen LogP contribution < -0.4 is 0 Å². The first-order valence-corrected chi connectivity index (χ1v) is 10.2. The van der Waals surface area contributed by atoms with Crippen LogP contribution in [0.15, 0.2) is 24.8 Å². The molecule has 2 saturated carbocycles. The third kappa shape index (κ3) is 7.25. The number of hydrogen-bond donors (Lipinski definition) is 0. The largest absolute Gasteiger partial charge is 0.374 e. The van der Waals surface area contributed by atoms with Gasteiger partial charge in [0, 0.05) is 0 Å². The van der Waals surface area contributed by atoms with E-state index >= 15 is 0 Å². The van der Waals surface area contributed by atoms with Crippen molar-refractivity contribution < 1.29 is 4.74 Å². The van der Waals surface area contributed by atoms with Crippen LogP contribution in [-0.4, -0.2) is 12.7 Å². The summed E-state index contributed by atoms with van der Waals surface area (Å²) in [5.74, 6) is 2.87. The zero-order valence-corrected chi connectivity index (χ0v) is 15.3. The predicted molar refractivity (Wildman–Crippen MR) is 101 cm³/mol. The fourth-order valence-electron chi connectivity index (χ4n) is 4.39. The normalized spacial score (nSPS) is 32.2. The van der Waals surface area contributed by atoms with E-state index in [1.54, 1.807) is 0 Å². The van der Waals surface area contributed by atoms with Gasteiger partial charge in [0.25, 0.3) is 0 Å². The number of rotatable bonds is 9. The molecule has 0 aliphatic heterocycles. The van der Waals surface area contributed by atoms with Gasteiger partial charge in [-0.3, -0.25) is 0 Å². The topological polar surface area (TPSA) is 9.23 Å². The van der Waals surface area contributed by atoms with Crippen molar-refractivity contribution in [2.24, 2.45) is 17.8 Å². The Morgan fingerprint density at radius 1 is 0.913 bits per heavy atom. The third-order valence-corrected chi connectivity index (χ3v) is 5.98. The molecule has 0 aromatic heterocycles. The van der Waals surface area contributed by atoms with Crippen molar-refractivity contribution >= 4 is 0 Å². The minimum Gasteiger partial charge on any atom is -0.374 e. The lowest BCUT2D eigenvalue weighted by molar-refractivity contribution is 0.0327. The minimum absolute atomic E-state index is 0.509. The molecule has 0 unspecified atom stereocenters. The van der Waals surface area contributed by atoms with Crippen molar-refractivity contribution in [3.8, 4) is 0 Å². The van der Waals surface area contributed by atoms with E-state index in [4.69, 9.17) is 4.74 Å². The molecule has 2 rings (SSSR count). The number of unbranched alkanes of at least 4 members (excludes halogenated alkanes) is 1. The summed E-state index contributed by atoms with van der Waals surface area (Å²) in [5.41, 5.74) is 0. The first-order valence-electron chi connectivity index (χ1n) is 10.2. The lowest BCUT2D eigenvalue weighted by atomic mass is 9.77. The van der Waals surface area contributed by atoms with Gasteiger partial charge in [-0.1, -0.05) is 44.4 Å². The van der Waals surface area contributed by atoms with Crippen molar-refractivity contribution in [2.45, 2.75) is 90.1 Å². The number of hydrogen-bond acceptors (Lipinski definition) is 1. The second kappa shape index (κ2) is 11.1. The van der Waals surface area contributed by atoms with E-state index in [2.05, 4.69) is 25.7 Å². The smallest absolute Gasteiger partial charge is 0.0648 e. The van der Waals surface area contributed by atoms with Gasteiger partial charge in [0.15, 0.2) is 0 Å². The van der Waals surface area contributed by atoms with Crippen molar-refractivity contribution in [3.63, 3.8) is 0 Å². The molecule has 0 radical (unpaired) electrons. The molecular formula is C22H38O. The van der Waals surface area contributed by atoms with E-state index in [1.165, 1.54) is 77.0 Å². The Labute approximate surface area is 144 Å². The van der Waals surface area contributed by atoms with Crippen LogP contribution in [0.4, 0.5) is 0 Å². The molecule has 0 bridgehead atoms. The van der Waals surface area contributed by atoms with Crippen LogP contribution >= 0.6 is 0 Å². The fourth-order valence-corrected chi connectivity index (χ4v) is 4.39. The molecule has 0 saturated heterocycles. The average Bonchev–Trinajstić information content (AvgIpc) is 2.60. The van der Waals surface area contributed by atoms with Crippen molar-refractivity contribution in [1.82, 2.24) is 0 Å². The lowest BCUT2D eigenvalue weighted by Crippen LogP contribution is -2.22. The molecular weight excluding hydrogens is 280 g/mol. The van der Waals surface area contributed by atoms with Crippen molar-refractivity contribution in [3.05, 3.63) is 24.8 Å². The van der Waals surface area contributed by atoms with Gasteiger partial charge in [0.05, 0.1) is 12.7 Å². The molecule has 0 aromatic rings. The monoisotopic (exact) mass is 318 g/mol. The van der Waals surface area contributed by atoms with Crippen molar-refractivity contribution in [2.75, 3.05) is 6.61 Å². The highest BCUT2D eigenvalue weighted by atomic mass is 16.5. The minimum atomic E-state index is 0.509. The van der Waals surface area contributed by atoms with E-state index < -0.39 is 0 Å². The van der Waals surface area contributed by atoms with Gasteiger partial charge >= 0.3 is 0 Å². The molecule has 0 N–H and O–H groups in total. The molecule has 0 spiro atoms. The van der Waals surface area contributed by atoms with Gasteiger partial charge in [-0.05, 0) is 75.5 Å². The Bertz CT molecular complexity index is 330. The molecule has 23 heavy (non-hydrogen) atoms. The summed E-state index contributed by atoms with van der Waals surface area (Å²) < 4.78 is 5.80. The van der Waals surface area contributed by atoms with Crippen molar-refractivity contribution in [1.29, 1.82) is 0 Å². The second-order valence-electron chi connectivity index (χ2n) is 7.84. The highest BCUT2D eigenvalue weighted by molar-refractivity contribution is 4.91. The molecule has 2 fully saturated rings. The molecule has 0 amide bonds. The summed E-state index contributed by atoms with van der Waals surface area (Å²) in [6, 6.07) is 0. The summed E-state index contributed by atoms with van der Waals surface area (Å²) in [5, 5.41) is 0. The first kappa shape index (κ1) is 18.8. The van der Waals surface area contributed by atoms with E-state index in [0.29, 0.717) is 6.10 Å². The maximum atomic E-state index is 5.80. The molecule has 2 aliphatic rings. The molecule has 2 aliphatic carbocycles. The highest BCUT2D eigenvalue weighted by Gasteiger charge is 2.24. The van der Waals surface area contributed by atoms with Gasteiger partial charge in [-0.25, -0.2) is 0 Å². The predicted octanol–water partition coefficient (Wildman–Crippen LogP) is 6.69. The van der Waals surface area contributed by atoms with Gasteiger partial charge in [-0.2, -0.15) is 0 Å². The zero-order valence-electron chi connectivity index (χ0n) is 15.3. The SMILES string of the molecule is C=CCO[C@H]1CC[C@H](CC[C@H]2CC[C@H](C=CCCC)CC2)CC1. The zero-order chi connectivity index (χ0) is 16.3. The number of allylic oxidation sites excluding steroid dienone is 2. The standard InChI is InChI=1S/C22H38O/c1-3-5-6-7-19-8-10-20(11-9-19)12-13-21-14-16-22(17-15-21)23-18-4-2/h4,6-7,19-22H,2-3,5,8-18H2,1H3/t19-,20-,21-,22-. The third-order valence-electron chi connectivity index (χ3n) is 5.98. The summed E-state index contributed by atoms with van der Waals surface area (Å²) in [6.45, 7) is 6.73. The van der Waals surface area contributed by atoms with E-state index in [0.717, 1.165) is 24.4 Å². The van der Waals surface area contributed by atoms with Crippen LogP contribution in [0.5, 0.6) is 0 Å². The quantitative estimate of drug-likeness (QED) is 0.430. The van der Waals surface area contributed by atoms with Crippen LogP contribution in [0.25, 0.3) is 0 Å². The van der Waals surface area contributed by atoms with Gasteiger partial charge in [-0.15, -0.1) is 6.58 Å². The Morgan fingerprint density at radius 2 is 1.52 bits per heavy atom. The molecule has 1 heteroatoms. The fraction of sp³-hybridized carbons (Fsp3) is 0.818. The van der Waals surface area contributed by atoms with E-state index in [-0.39, 0.29) is 0 Å². The van der Waals surface area contributed by atoms with Crippen LogP contribution in [0.2, 0.25) is 0 Å². The molecule has 1 nitrogen and oxygen atoms in total. The van der Waals surface area contributed by atoms with Crippen LogP contribution in [0, 0.1) is 17.8 Å². The van der Waals surface area contributed by atoms with Crippen LogP contribution in [-0.2, 0) is 4.74 Å². The highest BCUT2D eigenvalue weighted by Crippen LogP contribution is 2.36. The Hall–Kier alpha value is -0.560. The Kier molecular flexibility index (Phi) is 9.04. The van der Waals surface area contributed by atoms with E-state index in [1.807, 2.05) is 6.08 Å². The Morgan fingerprint density at radius 3 is 2.09 bits per heavy atom. The maximum Gasteiger partial charge on any atom is 0.0648 e. The maximum absolute atomic E-state index is 5.80. The van der Waals surface area contributed by atoms with Gasteiger partial charge in [0.2, 0.25) is 0 Å². The van der Waals surface area contributed by atoms with Gasteiger partial charge in [0.1, 0.15) is 0 Å². The summed E-state index contributed by atoms with van der Waals surface area (Å²) in [6.07, 6.45) is 23.9. The second-order valence-corrected chi connectivity index (χ2v) is 7.84. The summed E-state index contributed by atoms with van der Waals surface area (Å²) >= 11 is 0. The van der Waals surface area contributed by atoms with Crippen LogP contribution in [0.1, 0.15) is 84.0 Å². The average molecular weight is 319 g/mol. The molecule has 0 heterocycles. The first-order chi connectivity index (χ1) is 11.3. The summed E-state index contributed by atoms with van der Waals surface area (Å²) in [7, 11) is 0. The van der Waals surface area contributed by atoms with Crippen LogP contribution in [0.3, 0.4) is 0 Å². The molecule has 0 aromatic carbocycles. The molecule has 132 valence electrons. The Balaban J connectivity index is 1.55.